The first-order valence-corrected chi connectivity index (χ1v) is 7.29. The SMILES string of the molecule is O=C(OCc1ccccc1)N1CC2(C(=O)O)CC(C(=O)O)(C1)C2. The topological polar surface area (TPSA) is 104 Å². The van der Waals surface area contributed by atoms with Crippen LogP contribution >= 0.6 is 0 Å². The number of fused-ring (bicyclic) bond motifs is 2. The lowest BCUT2D eigenvalue weighted by Crippen LogP contribution is -2.69. The molecular weight excluding hydrogens is 302 g/mol. The number of hydrogen-bond donors (Lipinski definition) is 2. The number of rotatable bonds is 4. The van der Waals surface area contributed by atoms with Crippen LogP contribution in [0.15, 0.2) is 30.3 Å². The number of ether oxygens (including phenoxy) is 1. The van der Waals surface area contributed by atoms with Crippen LogP contribution in [0.5, 0.6) is 0 Å². The zero-order valence-corrected chi connectivity index (χ0v) is 12.4. The van der Waals surface area contributed by atoms with Crippen molar-refractivity contribution in [2.24, 2.45) is 10.8 Å². The van der Waals surface area contributed by atoms with Crippen molar-refractivity contribution in [2.45, 2.75) is 19.4 Å². The summed E-state index contributed by atoms with van der Waals surface area (Å²) in [7, 11) is 0. The summed E-state index contributed by atoms with van der Waals surface area (Å²) in [4.78, 5) is 36.3. The highest BCUT2D eigenvalue weighted by Gasteiger charge is 2.68. The van der Waals surface area contributed by atoms with Gasteiger partial charge in [0.1, 0.15) is 6.61 Å². The summed E-state index contributed by atoms with van der Waals surface area (Å²) in [5.74, 6) is -2.12. The second kappa shape index (κ2) is 5.26. The van der Waals surface area contributed by atoms with Gasteiger partial charge in [-0.2, -0.15) is 0 Å². The molecule has 7 nitrogen and oxygen atoms in total. The molecule has 2 saturated heterocycles. The molecule has 0 spiro atoms. The van der Waals surface area contributed by atoms with Gasteiger partial charge < -0.3 is 19.8 Å². The molecule has 2 N–H and O–H groups in total. The maximum absolute atomic E-state index is 12.2. The van der Waals surface area contributed by atoms with Crippen molar-refractivity contribution >= 4 is 18.0 Å². The molecule has 3 aliphatic rings. The van der Waals surface area contributed by atoms with E-state index in [9.17, 15) is 24.6 Å². The van der Waals surface area contributed by atoms with Gasteiger partial charge in [-0.1, -0.05) is 30.3 Å². The van der Waals surface area contributed by atoms with Gasteiger partial charge in [-0.25, -0.2) is 4.79 Å². The minimum Gasteiger partial charge on any atom is -0.481 e. The Morgan fingerprint density at radius 3 is 2.00 bits per heavy atom. The number of carbonyl (C=O) groups is 3. The van der Waals surface area contributed by atoms with Gasteiger partial charge in [0.05, 0.1) is 10.8 Å². The van der Waals surface area contributed by atoms with Crippen LogP contribution in [-0.2, 0) is 20.9 Å². The van der Waals surface area contributed by atoms with Crippen molar-refractivity contribution in [1.82, 2.24) is 4.90 Å². The number of piperidine rings is 2. The van der Waals surface area contributed by atoms with Gasteiger partial charge in [-0.15, -0.1) is 0 Å². The molecule has 3 fully saturated rings. The molecule has 122 valence electrons. The number of nitrogens with zero attached hydrogens (tertiary/aromatic N) is 1. The molecule has 7 heteroatoms. The van der Waals surface area contributed by atoms with Crippen molar-refractivity contribution < 1.29 is 29.3 Å². The van der Waals surface area contributed by atoms with E-state index >= 15 is 0 Å². The fraction of sp³-hybridized carbons (Fsp3) is 0.438. The Bertz CT molecular complexity index is 622. The van der Waals surface area contributed by atoms with Crippen LogP contribution in [0, 0.1) is 10.8 Å². The van der Waals surface area contributed by atoms with Gasteiger partial charge in [0, 0.05) is 13.1 Å². The largest absolute Gasteiger partial charge is 0.481 e. The Kier molecular flexibility index (Phi) is 3.50. The van der Waals surface area contributed by atoms with Crippen LogP contribution in [0.4, 0.5) is 4.79 Å². The van der Waals surface area contributed by atoms with E-state index < -0.39 is 28.9 Å². The van der Waals surface area contributed by atoms with Crippen molar-refractivity contribution in [2.75, 3.05) is 13.1 Å². The van der Waals surface area contributed by atoms with E-state index in [1.807, 2.05) is 18.2 Å². The number of benzene rings is 1. The first kappa shape index (κ1) is 15.3. The lowest BCUT2D eigenvalue weighted by molar-refractivity contribution is -0.196. The van der Waals surface area contributed by atoms with Crippen molar-refractivity contribution in [3.8, 4) is 0 Å². The van der Waals surface area contributed by atoms with Gasteiger partial charge in [-0.05, 0) is 18.4 Å². The van der Waals surface area contributed by atoms with Crippen LogP contribution in [0.3, 0.4) is 0 Å². The highest BCUT2D eigenvalue weighted by Crippen LogP contribution is 2.59. The molecule has 1 aliphatic carbocycles. The monoisotopic (exact) mass is 319 g/mol. The zero-order chi connectivity index (χ0) is 16.7. The Labute approximate surface area is 132 Å². The van der Waals surface area contributed by atoms with E-state index in [1.165, 1.54) is 4.90 Å². The highest BCUT2D eigenvalue weighted by atomic mass is 16.6. The normalized spacial score (nSPS) is 28.6. The van der Waals surface area contributed by atoms with E-state index in [0.29, 0.717) is 0 Å². The number of carboxylic acid groups (broad SMARTS) is 2. The van der Waals surface area contributed by atoms with E-state index in [2.05, 4.69) is 0 Å². The number of amides is 1. The first-order chi connectivity index (χ1) is 10.9. The molecule has 2 heterocycles. The first-order valence-electron chi connectivity index (χ1n) is 7.29. The van der Waals surface area contributed by atoms with Crippen LogP contribution < -0.4 is 0 Å². The molecule has 0 unspecified atom stereocenters. The Balaban J connectivity index is 1.69. The van der Waals surface area contributed by atoms with Crippen molar-refractivity contribution in [3.63, 3.8) is 0 Å². The van der Waals surface area contributed by atoms with Crippen LogP contribution in [0.25, 0.3) is 0 Å². The van der Waals surface area contributed by atoms with Crippen LogP contribution in [-0.4, -0.2) is 46.2 Å². The van der Waals surface area contributed by atoms with Gasteiger partial charge in [0.2, 0.25) is 0 Å². The van der Waals surface area contributed by atoms with Crippen LogP contribution in [0.1, 0.15) is 18.4 Å². The minimum atomic E-state index is -1.16. The Morgan fingerprint density at radius 1 is 1.00 bits per heavy atom. The second-order valence-electron chi connectivity index (χ2n) is 6.42. The van der Waals surface area contributed by atoms with Gasteiger partial charge >= 0.3 is 18.0 Å². The van der Waals surface area contributed by atoms with E-state index in [1.54, 1.807) is 12.1 Å². The Hall–Kier alpha value is -2.57. The molecule has 2 bridgehead atoms. The predicted octanol–water partition coefficient (Wildman–Crippen LogP) is 1.57. The third kappa shape index (κ3) is 2.52. The molecule has 0 radical (unpaired) electrons. The molecule has 1 aromatic carbocycles. The standard InChI is InChI=1S/C16H17NO6/c18-12(19)15-7-16(8-15,13(20)21)10-17(9-15)14(22)23-6-11-4-2-1-3-5-11/h1-5H,6-10H2,(H,18,19)(H,20,21). The Morgan fingerprint density at radius 2 is 1.52 bits per heavy atom. The average molecular weight is 319 g/mol. The van der Waals surface area contributed by atoms with Gasteiger partial charge in [0.25, 0.3) is 0 Å². The maximum Gasteiger partial charge on any atom is 0.410 e. The lowest BCUT2D eigenvalue weighted by Gasteiger charge is -2.58. The smallest absolute Gasteiger partial charge is 0.410 e. The number of carboxylic acids is 2. The summed E-state index contributed by atoms with van der Waals surface area (Å²) in [5.41, 5.74) is -1.52. The maximum atomic E-state index is 12.2. The van der Waals surface area contributed by atoms with Gasteiger partial charge in [0.15, 0.2) is 0 Å². The fourth-order valence-electron chi connectivity index (χ4n) is 3.63. The molecule has 0 atom stereocenters. The molecular formula is C16H17NO6. The lowest BCUT2D eigenvalue weighted by atomic mass is 9.49. The summed E-state index contributed by atoms with van der Waals surface area (Å²) in [6.07, 6.45) is -0.551. The molecule has 4 rings (SSSR count). The third-order valence-corrected chi connectivity index (χ3v) is 4.71. The molecule has 1 saturated carbocycles. The second-order valence-corrected chi connectivity index (χ2v) is 6.42. The molecule has 23 heavy (non-hydrogen) atoms. The van der Waals surface area contributed by atoms with Crippen molar-refractivity contribution in [3.05, 3.63) is 35.9 Å². The number of aliphatic carboxylic acids is 2. The number of hydrogen-bond acceptors (Lipinski definition) is 4. The van der Waals surface area contributed by atoms with E-state index in [4.69, 9.17) is 4.74 Å². The summed E-state index contributed by atoms with van der Waals surface area (Å²) in [6, 6.07) is 9.09. The molecule has 0 aromatic heterocycles. The minimum absolute atomic E-state index is 0.00894. The van der Waals surface area contributed by atoms with Crippen LogP contribution in [0.2, 0.25) is 0 Å². The fourth-order valence-corrected chi connectivity index (χ4v) is 3.63. The predicted molar refractivity (Wildman–Crippen MR) is 77.6 cm³/mol. The van der Waals surface area contributed by atoms with E-state index in [-0.39, 0.29) is 32.5 Å². The quantitative estimate of drug-likeness (QED) is 0.873. The summed E-state index contributed by atoms with van der Waals surface area (Å²) < 4.78 is 5.19. The molecule has 1 amide bonds. The average Bonchev–Trinajstić information content (AvgIpc) is 2.52. The van der Waals surface area contributed by atoms with Gasteiger partial charge in [-0.3, -0.25) is 9.59 Å². The summed E-state index contributed by atoms with van der Waals surface area (Å²) >= 11 is 0. The van der Waals surface area contributed by atoms with Crippen molar-refractivity contribution in [1.29, 1.82) is 0 Å². The zero-order valence-electron chi connectivity index (χ0n) is 12.4. The summed E-state index contributed by atoms with van der Waals surface area (Å²) in [5, 5.41) is 18.7. The number of carbonyl (C=O) groups excluding carboxylic acids is 1. The molecule has 2 aliphatic heterocycles. The third-order valence-electron chi connectivity index (χ3n) is 4.71. The molecule has 1 aromatic rings. The summed E-state index contributed by atoms with van der Waals surface area (Å²) in [6.45, 7) is 0.0479. The highest BCUT2D eigenvalue weighted by molar-refractivity contribution is 5.86. The van der Waals surface area contributed by atoms with E-state index in [0.717, 1.165) is 5.56 Å².